The first-order valence-corrected chi connectivity index (χ1v) is 10.4. The summed E-state index contributed by atoms with van der Waals surface area (Å²) in [7, 11) is 0. The lowest BCUT2D eigenvalue weighted by atomic mass is 10.2. The second kappa shape index (κ2) is 7.03. The fourth-order valence-electron chi connectivity index (χ4n) is 4.56. The molecule has 4 heterocycles. The van der Waals surface area contributed by atoms with Crippen LogP contribution in [0.1, 0.15) is 0 Å². The largest absolute Gasteiger partial charge is 0.309 e. The van der Waals surface area contributed by atoms with Crippen molar-refractivity contribution < 1.29 is 0 Å². The first kappa shape index (κ1) is 18.3. The summed E-state index contributed by atoms with van der Waals surface area (Å²) in [5.74, 6) is 0.787. The molecule has 5 nitrogen and oxygen atoms in total. The van der Waals surface area contributed by atoms with Crippen LogP contribution in [0.25, 0.3) is 56.9 Å². The minimum Gasteiger partial charge on any atom is -0.309 e. The van der Waals surface area contributed by atoms with Crippen LogP contribution in [-0.4, -0.2) is 25.3 Å². The van der Waals surface area contributed by atoms with Gasteiger partial charge in [0.2, 0.25) is 0 Å². The standard InChI is InChI=1S/C27H19N5/c1-18-20-6-2-4-8-24(20)32(23(18)12-14-28)27-11-10-19(16-30-27)31-25-9-5-3-7-21(25)22-17-29-15-13-26(22)31/h2-17,28H,1H2/b23-12+,28-14?. The SMILES string of the molecule is C=c1/c(=C\C=N)n(-c2ccc(-n3c4ccccc4c4cnccc43)cn2)c2ccccc12. The van der Waals surface area contributed by atoms with Gasteiger partial charge in [-0.2, -0.15) is 0 Å². The second-order valence-corrected chi connectivity index (χ2v) is 7.67. The van der Waals surface area contributed by atoms with Gasteiger partial charge in [-0.15, -0.1) is 0 Å². The predicted molar refractivity (Wildman–Crippen MR) is 131 cm³/mol. The Hall–Kier alpha value is -4.51. The lowest BCUT2D eigenvalue weighted by Gasteiger charge is -2.10. The minimum absolute atomic E-state index is 0.787. The molecule has 0 radical (unpaired) electrons. The van der Waals surface area contributed by atoms with Crippen molar-refractivity contribution >= 4 is 51.6 Å². The normalized spacial score (nSPS) is 12.2. The maximum Gasteiger partial charge on any atom is 0.137 e. The van der Waals surface area contributed by atoms with Crippen molar-refractivity contribution in [2.24, 2.45) is 0 Å². The lowest BCUT2D eigenvalue weighted by Crippen LogP contribution is -2.27. The molecule has 0 saturated heterocycles. The Morgan fingerprint density at radius 3 is 2.22 bits per heavy atom. The van der Waals surface area contributed by atoms with Gasteiger partial charge in [0.15, 0.2) is 0 Å². The summed E-state index contributed by atoms with van der Waals surface area (Å²) in [5, 5.41) is 12.7. The fourth-order valence-corrected chi connectivity index (χ4v) is 4.56. The van der Waals surface area contributed by atoms with E-state index in [4.69, 9.17) is 10.4 Å². The molecule has 4 aromatic heterocycles. The predicted octanol–water partition coefficient (Wildman–Crippen LogP) is 4.36. The van der Waals surface area contributed by atoms with Crippen LogP contribution in [0.3, 0.4) is 0 Å². The first-order valence-electron chi connectivity index (χ1n) is 10.4. The third kappa shape index (κ3) is 2.55. The molecule has 5 heteroatoms. The van der Waals surface area contributed by atoms with Gasteiger partial charge < -0.3 is 9.98 Å². The number of para-hydroxylation sites is 2. The van der Waals surface area contributed by atoms with Crippen LogP contribution in [0.2, 0.25) is 0 Å². The van der Waals surface area contributed by atoms with Gasteiger partial charge in [0.1, 0.15) is 5.82 Å². The van der Waals surface area contributed by atoms with Crippen molar-refractivity contribution in [1.29, 1.82) is 5.41 Å². The van der Waals surface area contributed by atoms with E-state index in [0.717, 1.165) is 49.4 Å². The summed E-state index contributed by atoms with van der Waals surface area (Å²) in [6.45, 7) is 4.25. The Balaban J connectivity index is 1.60. The summed E-state index contributed by atoms with van der Waals surface area (Å²) < 4.78 is 4.27. The van der Waals surface area contributed by atoms with Crippen molar-refractivity contribution in [2.75, 3.05) is 0 Å². The van der Waals surface area contributed by atoms with E-state index in [1.807, 2.05) is 48.9 Å². The van der Waals surface area contributed by atoms with E-state index >= 15 is 0 Å². The topological polar surface area (TPSA) is 59.5 Å². The maximum atomic E-state index is 7.60. The van der Waals surface area contributed by atoms with Crippen molar-refractivity contribution in [3.05, 3.63) is 95.9 Å². The lowest BCUT2D eigenvalue weighted by molar-refractivity contribution is 0.994. The number of hydrogen-bond acceptors (Lipinski definition) is 3. The Morgan fingerprint density at radius 2 is 1.47 bits per heavy atom. The quantitative estimate of drug-likeness (QED) is 0.438. The van der Waals surface area contributed by atoms with E-state index in [1.165, 1.54) is 11.6 Å². The van der Waals surface area contributed by atoms with E-state index in [1.54, 1.807) is 6.08 Å². The van der Waals surface area contributed by atoms with E-state index in [0.29, 0.717) is 0 Å². The van der Waals surface area contributed by atoms with Gasteiger partial charge in [-0.3, -0.25) is 9.55 Å². The van der Waals surface area contributed by atoms with Crippen LogP contribution in [0.5, 0.6) is 0 Å². The molecule has 0 aliphatic rings. The molecule has 1 N–H and O–H groups in total. The van der Waals surface area contributed by atoms with E-state index in [2.05, 4.69) is 57.1 Å². The van der Waals surface area contributed by atoms with Crippen LogP contribution in [0.4, 0.5) is 0 Å². The van der Waals surface area contributed by atoms with Crippen molar-refractivity contribution in [2.45, 2.75) is 0 Å². The van der Waals surface area contributed by atoms with Gasteiger partial charge in [-0.1, -0.05) is 43.0 Å². The summed E-state index contributed by atoms with van der Waals surface area (Å²) in [4.78, 5) is 9.15. The van der Waals surface area contributed by atoms with E-state index in [-0.39, 0.29) is 0 Å². The Bertz CT molecular complexity index is 1700. The summed E-state index contributed by atoms with van der Waals surface area (Å²) in [5.41, 5.74) is 4.22. The first-order chi connectivity index (χ1) is 15.8. The number of pyridine rings is 2. The van der Waals surface area contributed by atoms with Crippen LogP contribution in [0, 0.1) is 5.41 Å². The third-order valence-electron chi connectivity index (χ3n) is 5.96. The molecule has 0 aliphatic heterocycles. The highest BCUT2D eigenvalue weighted by atomic mass is 15.1. The molecule has 0 unspecified atom stereocenters. The van der Waals surface area contributed by atoms with Gasteiger partial charge in [-0.25, -0.2) is 4.98 Å². The molecular weight excluding hydrogens is 394 g/mol. The average molecular weight is 413 g/mol. The van der Waals surface area contributed by atoms with Gasteiger partial charge in [0.25, 0.3) is 0 Å². The Kier molecular flexibility index (Phi) is 4.01. The molecule has 0 saturated carbocycles. The number of hydrogen-bond donors (Lipinski definition) is 1. The summed E-state index contributed by atoms with van der Waals surface area (Å²) >= 11 is 0. The highest BCUT2D eigenvalue weighted by Gasteiger charge is 2.13. The molecule has 0 bridgehead atoms. The minimum atomic E-state index is 0.787. The van der Waals surface area contributed by atoms with Crippen molar-refractivity contribution in [1.82, 2.24) is 19.1 Å². The van der Waals surface area contributed by atoms with E-state index < -0.39 is 0 Å². The maximum absolute atomic E-state index is 7.60. The van der Waals surface area contributed by atoms with Gasteiger partial charge in [0.05, 0.1) is 33.8 Å². The Labute approximate surface area is 183 Å². The highest BCUT2D eigenvalue weighted by molar-refractivity contribution is 6.08. The zero-order chi connectivity index (χ0) is 21.7. The van der Waals surface area contributed by atoms with Crippen LogP contribution >= 0.6 is 0 Å². The molecule has 0 aliphatic carbocycles. The van der Waals surface area contributed by atoms with E-state index in [9.17, 15) is 0 Å². The zero-order valence-electron chi connectivity index (χ0n) is 17.2. The van der Waals surface area contributed by atoms with Crippen LogP contribution < -0.4 is 10.6 Å². The number of benzene rings is 2. The highest BCUT2D eigenvalue weighted by Crippen LogP contribution is 2.31. The van der Waals surface area contributed by atoms with Crippen LogP contribution in [-0.2, 0) is 0 Å². The monoisotopic (exact) mass is 413 g/mol. The number of aromatic nitrogens is 4. The molecule has 0 amide bonds. The molecule has 152 valence electrons. The van der Waals surface area contributed by atoms with Crippen molar-refractivity contribution in [3.8, 4) is 11.5 Å². The molecule has 0 fully saturated rings. The average Bonchev–Trinajstić information content (AvgIpc) is 3.32. The third-order valence-corrected chi connectivity index (χ3v) is 5.96. The Morgan fingerprint density at radius 1 is 0.750 bits per heavy atom. The second-order valence-electron chi connectivity index (χ2n) is 7.67. The summed E-state index contributed by atoms with van der Waals surface area (Å²) in [6, 6.07) is 22.6. The van der Waals surface area contributed by atoms with Gasteiger partial charge in [-0.05, 0) is 36.4 Å². The van der Waals surface area contributed by atoms with Crippen LogP contribution in [0.15, 0.2) is 85.3 Å². The van der Waals surface area contributed by atoms with Gasteiger partial charge >= 0.3 is 0 Å². The smallest absolute Gasteiger partial charge is 0.137 e. The fraction of sp³-hybridized carbons (Fsp3) is 0. The van der Waals surface area contributed by atoms with Gasteiger partial charge in [0, 0.05) is 40.0 Å². The molecule has 0 spiro atoms. The number of rotatable bonds is 3. The molecule has 0 atom stereocenters. The molecule has 2 aromatic carbocycles. The zero-order valence-corrected chi connectivity index (χ0v) is 17.2. The number of nitrogens with zero attached hydrogens (tertiary/aromatic N) is 4. The molecule has 32 heavy (non-hydrogen) atoms. The molecular formula is C27H19N5. The molecule has 6 aromatic rings. The molecule has 6 rings (SSSR count). The van der Waals surface area contributed by atoms with Crippen molar-refractivity contribution in [3.63, 3.8) is 0 Å². The number of nitrogens with one attached hydrogen (secondary N) is 1. The summed E-state index contributed by atoms with van der Waals surface area (Å²) in [6.07, 6.45) is 8.68. The number of fused-ring (bicyclic) bond motifs is 4.